The fraction of sp³-hybridized carbons (Fsp3) is 0.793. The second-order valence-corrected chi connectivity index (χ2v) is 12.1. The van der Waals surface area contributed by atoms with Crippen LogP contribution < -0.4 is 5.32 Å². The molecule has 1 aliphatic heterocycles. The van der Waals surface area contributed by atoms with Crippen LogP contribution in [0.4, 0.5) is 4.79 Å². The van der Waals surface area contributed by atoms with Gasteiger partial charge in [-0.15, -0.1) is 11.8 Å². The van der Waals surface area contributed by atoms with Crippen LogP contribution in [-0.4, -0.2) is 85.5 Å². The summed E-state index contributed by atoms with van der Waals surface area (Å²) in [4.78, 5) is 53.5. The molecule has 0 aromatic heterocycles. The molecule has 1 saturated carbocycles. The van der Waals surface area contributed by atoms with Crippen molar-refractivity contribution >= 4 is 23.8 Å². The maximum Gasteiger partial charge on any atom is 0.407 e. The van der Waals surface area contributed by atoms with E-state index in [0.29, 0.717) is 44.0 Å². The molecule has 1 heterocycles. The van der Waals surface area contributed by atoms with Gasteiger partial charge in [0.2, 0.25) is 5.91 Å². The molecule has 0 radical (unpaired) electrons. The van der Waals surface area contributed by atoms with Crippen LogP contribution in [0.15, 0.2) is 0 Å². The summed E-state index contributed by atoms with van der Waals surface area (Å²) in [5.41, 5.74) is -0.475. The smallest absolute Gasteiger partial charge is 0.407 e. The number of hydrogen-bond donors (Lipinski definition) is 1. The highest BCUT2D eigenvalue weighted by atomic mass is 16.5. The number of alkyl carbamates (subject to hydrolysis) is 1. The minimum atomic E-state index is -0.489. The number of fused-ring (bicyclic) bond motifs is 1. The Balaban J connectivity index is 1.42. The Morgan fingerprint density at radius 1 is 0.974 bits per heavy atom. The lowest BCUT2D eigenvalue weighted by Gasteiger charge is -2.41. The molecule has 0 aromatic rings. The van der Waals surface area contributed by atoms with Crippen molar-refractivity contribution in [1.82, 2.24) is 15.1 Å². The number of carbonyl (C=O) groups is 4. The van der Waals surface area contributed by atoms with E-state index in [1.807, 2.05) is 25.7 Å². The lowest BCUT2D eigenvalue weighted by Crippen LogP contribution is -2.58. The van der Waals surface area contributed by atoms with E-state index in [0.717, 1.165) is 25.7 Å². The van der Waals surface area contributed by atoms with Gasteiger partial charge in [0.05, 0.1) is 25.1 Å². The summed E-state index contributed by atoms with van der Waals surface area (Å²) in [5.74, 6) is 7.48. The van der Waals surface area contributed by atoms with E-state index in [4.69, 9.17) is 9.47 Å². The van der Waals surface area contributed by atoms with Crippen LogP contribution in [0.25, 0.3) is 0 Å². The molecule has 38 heavy (non-hydrogen) atoms. The van der Waals surface area contributed by atoms with Gasteiger partial charge in [0, 0.05) is 50.9 Å². The second-order valence-electron chi connectivity index (χ2n) is 12.1. The molecule has 1 unspecified atom stereocenters. The van der Waals surface area contributed by atoms with Gasteiger partial charge in [0.25, 0.3) is 0 Å². The molecule has 3 aliphatic rings. The Bertz CT molecular complexity index is 913. The molecule has 0 aromatic carbocycles. The van der Waals surface area contributed by atoms with Crippen LogP contribution in [-0.2, 0) is 23.9 Å². The first kappa shape index (κ1) is 29.9. The Morgan fingerprint density at radius 2 is 1.63 bits per heavy atom. The topological polar surface area (TPSA) is 105 Å². The molecule has 9 heteroatoms. The van der Waals surface area contributed by atoms with Crippen LogP contribution in [0, 0.1) is 40.9 Å². The number of Topliss-reactive ketones (excluding diaryl/α,β-unsaturated/α-hetero) is 1. The molecule has 1 saturated heterocycles. The number of nitrogens with one attached hydrogen (secondary N) is 1. The van der Waals surface area contributed by atoms with E-state index < -0.39 is 11.5 Å². The average molecular weight is 532 g/mol. The first-order chi connectivity index (χ1) is 18.0. The van der Waals surface area contributed by atoms with Crippen LogP contribution in [0.1, 0.15) is 66.7 Å². The van der Waals surface area contributed by atoms with E-state index in [1.54, 1.807) is 18.7 Å². The minimum Gasteiger partial charge on any atom is -0.464 e. The zero-order valence-corrected chi connectivity index (χ0v) is 23.7. The Labute approximate surface area is 227 Å². The largest absolute Gasteiger partial charge is 0.464 e. The number of esters is 1. The van der Waals surface area contributed by atoms with Crippen LogP contribution in [0.3, 0.4) is 0 Å². The van der Waals surface area contributed by atoms with Crippen LogP contribution >= 0.6 is 0 Å². The standard InChI is InChI=1S/C29H45N3O6/c1-20(2)27(35)37-18-21-16-32(15-14-31(21)17-25(33)29(3,4)5)26(34)12-13-30-28(36)38-19-24-22-10-8-6-7-9-11-23(22)24/h20-24H,8-19H2,1-5H3,(H,30,36)/t21?,22-,23+,24-. The molecular weight excluding hydrogens is 486 g/mol. The summed E-state index contributed by atoms with van der Waals surface area (Å²) in [6.45, 7) is 11.5. The zero-order chi connectivity index (χ0) is 27.9. The third kappa shape index (κ3) is 8.72. The number of carbonyl (C=O) groups excluding carboxylic acids is 4. The second kappa shape index (κ2) is 13.5. The van der Waals surface area contributed by atoms with E-state index in [9.17, 15) is 19.2 Å². The molecule has 0 spiro atoms. The van der Waals surface area contributed by atoms with Crippen molar-refractivity contribution in [1.29, 1.82) is 0 Å². The van der Waals surface area contributed by atoms with Crippen molar-refractivity contribution in [3.8, 4) is 11.8 Å². The SMILES string of the molecule is CC(C)C(=O)OCC1CN(C(=O)CCNC(=O)OC[C@@H]2[C@@H]3CCC#CCC[C@@H]32)CCN1CC(=O)C(C)(C)C. The zero-order valence-electron chi connectivity index (χ0n) is 23.7. The normalized spacial score (nSPS) is 25.3. The molecule has 1 N–H and O–H groups in total. The van der Waals surface area contributed by atoms with Gasteiger partial charge in [-0.05, 0) is 30.6 Å². The number of ketones is 1. The first-order valence-electron chi connectivity index (χ1n) is 14.1. The lowest BCUT2D eigenvalue weighted by molar-refractivity contribution is -0.151. The van der Waals surface area contributed by atoms with Gasteiger partial charge in [0.1, 0.15) is 6.61 Å². The van der Waals surface area contributed by atoms with E-state index in [1.165, 1.54) is 0 Å². The number of piperazine rings is 1. The van der Waals surface area contributed by atoms with E-state index in [-0.39, 0.29) is 55.7 Å². The predicted molar refractivity (Wildman–Crippen MR) is 143 cm³/mol. The van der Waals surface area contributed by atoms with Crippen molar-refractivity contribution in [2.24, 2.45) is 29.1 Å². The summed E-state index contributed by atoms with van der Waals surface area (Å²) in [5, 5.41) is 2.70. The number of amides is 2. The van der Waals surface area contributed by atoms with Gasteiger partial charge < -0.3 is 19.7 Å². The third-order valence-corrected chi connectivity index (χ3v) is 7.88. The van der Waals surface area contributed by atoms with Crippen LogP contribution in [0.2, 0.25) is 0 Å². The molecule has 2 amide bonds. The van der Waals surface area contributed by atoms with Crippen LogP contribution in [0.5, 0.6) is 0 Å². The molecule has 0 bridgehead atoms. The molecular formula is C29H45N3O6. The number of hydrogen-bond acceptors (Lipinski definition) is 7. The van der Waals surface area contributed by atoms with Gasteiger partial charge >= 0.3 is 12.1 Å². The van der Waals surface area contributed by atoms with Crippen molar-refractivity contribution in [2.45, 2.75) is 72.8 Å². The molecule has 2 aliphatic carbocycles. The predicted octanol–water partition coefficient (Wildman–Crippen LogP) is 2.87. The van der Waals surface area contributed by atoms with Crippen molar-refractivity contribution in [2.75, 3.05) is 45.9 Å². The highest BCUT2D eigenvalue weighted by molar-refractivity contribution is 5.85. The summed E-state index contributed by atoms with van der Waals surface area (Å²) in [7, 11) is 0. The Morgan fingerprint density at radius 3 is 2.24 bits per heavy atom. The summed E-state index contributed by atoms with van der Waals surface area (Å²) >= 11 is 0. The quantitative estimate of drug-likeness (QED) is 0.341. The summed E-state index contributed by atoms with van der Waals surface area (Å²) in [6.07, 6.45) is 3.68. The lowest BCUT2D eigenvalue weighted by atomic mass is 9.90. The Kier molecular flexibility index (Phi) is 10.6. The van der Waals surface area contributed by atoms with Gasteiger partial charge in [-0.25, -0.2) is 4.79 Å². The highest BCUT2D eigenvalue weighted by Crippen LogP contribution is 2.52. The van der Waals surface area contributed by atoms with Gasteiger partial charge in [0.15, 0.2) is 5.78 Å². The van der Waals surface area contributed by atoms with E-state index in [2.05, 4.69) is 17.2 Å². The van der Waals surface area contributed by atoms with Crippen molar-refractivity contribution in [3.63, 3.8) is 0 Å². The average Bonchev–Trinajstić information content (AvgIpc) is 3.49. The van der Waals surface area contributed by atoms with Crippen molar-refractivity contribution < 1.29 is 28.7 Å². The summed E-state index contributed by atoms with van der Waals surface area (Å²) in [6, 6.07) is -0.263. The summed E-state index contributed by atoms with van der Waals surface area (Å²) < 4.78 is 10.9. The third-order valence-electron chi connectivity index (χ3n) is 7.88. The first-order valence-corrected chi connectivity index (χ1v) is 14.1. The fourth-order valence-electron chi connectivity index (χ4n) is 5.19. The van der Waals surface area contributed by atoms with Gasteiger partial charge in [-0.1, -0.05) is 34.6 Å². The molecule has 4 atom stereocenters. The monoisotopic (exact) mass is 531 g/mol. The van der Waals surface area contributed by atoms with E-state index >= 15 is 0 Å². The molecule has 3 rings (SSSR count). The fourth-order valence-corrected chi connectivity index (χ4v) is 5.19. The molecule has 2 fully saturated rings. The Hall–Kier alpha value is -2.60. The maximum absolute atomic E-state index is 12.9. The number of nitrogens with zero attached hydrogens (tertiary/aromatic N) is 2. The highest BCUT2D eigenvalue weighted by Gasteiger charge is 2.49. The van der Waals surface area contributed by atoms with Gasteiger partial charge in [-0.3, -0.25) is 19.3 Å². The minimum absolute atomic E-state index is 0.0898. The van der Waals surface area contributed by atoms with Crippen molar-refractivity contribution in [3.05, 3.63) is 0 Å². The molecule has 9 nitrogen and oxygen atoms in total. The van der Waals surface area contributed by atoms with Gasteiger partial charge in [-0.2, -0.15) is 0 Å². The number of rotatable bonds is 10. The number of ether oxygens (including phenoxy) is 2. The maximum atomic E-state index is 12.9. The molecule has 212 valence electrons.